The van der Waals surface area contributed by atoms with Crippen LogP contribution in [0.2, 0.25) is 0 Å². The van der Waals surface area contributed by atoms with Gasteiger partial charge in [-0.15, -0.1) is 0 Å². The Morgan fingerprint density at radius 3 is 2.12 bits per heavy atom. The van der Waals surface area contributed by atoms with E-state index in [9.17, 15) is 9.59 Å². The van der Waals surface area contributed by atoms with E-state index in [1.165, 1.54) is 4.90 Å². The molecule has 2 amide bonds. The molecule has 0 aliphatic carbocycles. The van der Waals surface area contributed by atoms with Crippen molar-refractivity contribution in [2.24, 2.45) is 0 Å². The fraction of sp³-hybridized carbons (Fsp3) is 0.111. The van der Waals surface area contributed by atoms with Gasteiger partial charge in [0.2, 0.25) is 0 Å². The number of imide groups is 1. The molecule has 4 aromatic rings. The topological polar surface area (TPSA) is 59.1 Å². The number of carbonyl (C=O) groups excluding carboxylic acids is 2. The van der Waals surface area contributed by atoms with Crippen LogP contribution in [0.3, 0.4) is 0 Å². The largest absolute Gasteiger partial charge is 0.491 e. The van der Waals surface area contributed by atoms with Gasteiger partial charge in [-0.05, 0) is 47.9 Å². The van der Waals surface area contributed by atoms with E-state index in [-0.39, 0.29) is 12.0 Å². The second-order valence-corrected chi connectivity index (χ2v) is 7.60. The van der Waals surface area contributed by atoms with Crippen LogP contribution in [-0.2, 0) is 4.74 Å². The van der Waals surface area contributed by atoms with E-state index in [0.717, 1.165) is 17.4 Å². The molecule has 1 atom stereocenters. The maximum Gasteiger partial charge on any atom is 0.265 e. The lowest BCUT2D eigenvalue weighted by Gasteiger charge is -2.23. The smallest absolute Gasteiger partial charge is 0.265 e. The summed E-state index contributed by atoms with van der Waals surface area (Å²) in [5.74, 6) is -0.117. The Morgan fingerprint density at radius 2 is 1.41 bits per heavy atom. The highest BCUT2D eigenvalue weighted by atomic mass is 16.6. The van der Waals surface area contributed by atoms with Crippen LogP contribution < -0.4 is 9.64 Å². The van der Waals surface area contributed by atoms with Gasteiger partial charge in [0.25, 0.3) is 11.8 Å². The van der Waals surface area contributed by atoms with Gasteiger partial charge in [0, 0.05) is 16.5 Å². The number of fused-ring (bicyclic) bond motifs is 1. The van der Waals surface area contributed by atoms with Crippen molar-refractivity contribution in [1.82, 2.24) is 0 Å². The molecule has 4 aromatic carbocycles. The number of amides is 2. The van der Waals surface area contributed by atoms with Crippen LogP contribution >= 0.6 is 0 Å². The summed E-state index contributed by atoms with van der Waals surface area (Å²) < 4.78 is 10.8. The summed E-state index contributed by atoms with van der Waals surface area (Å²) in [6.07, 6.45) is 0.154. The molecular formula is C27H21NO4. The van der Waals surface area contributed by atoms with Gasteiger partial charge in [-0.1, -0.05) is 54.6 Å². The molecule has 1 saturated heterocycles. The third kappa shape index (κ3) is 4.11. The van der Waals surface area contributed by atoms with Gasteiger partial charge in [0.1, 0.15) is 18.5 Å². The monoisotopic (exact) mass is 423 g/mol. The molecule has 1 fully saturated rings. The second kappa shape index (κ2) is 8.65. The molecule has 5 rings (SSSR count). The Balaban J connectivity index is 1.53. The molecule has 1 aliphatic rings. The van der Waals surface area contributed by atoms with Crippen LogP contribution in [0, 0.1) is 0 Å². The summed E-state index contributed by atoms with van der Waals surface area (Å²) >= 11 is 0. The zero-order valence-electron chi connectivity index (χ0n) is 17.3. The molecule has 0 saturated carbocycles. The van der Waals surface area contributed by atoms with Crippen LogP contribution in [0.5, 0.6) is 5.75 Å². The van der Waals surface area contributed by atoms with Crippen molar-refractivity contribution in [3.63, 3.8) is 0 Å². The molecule has 1 unspecified atom stereocenters. The Bertz CT molecular complexity index is 1260. The first-order valence-corrected chi connectivity index (χ1v) is 10.5. The molecule has 0 spiro atoms. The van der Waals surface area contributed by atoms with E-state index >= 15 is 0 Å². The van der Waals surface area contributed by atoms with E-state index in [1.54, 1.807) is 54.6 Å². The van der Waals surface area contributed by atoms with E-state index < -0.39 is 5.91 Å². The highest BCUT2D eigenvalue weighted by molar-refractivity contribution is 6.28. The Labute approximate surface area is 185 Å². The lowest BCUT2D eigenvalue weighted by atomic mass is 10.1. The number of anilines is 1. The van der Waals surface area contributed by atoms with Gasteiger partial charge in [-0.3, -0.25) is 9.59 Å². The summed E-state index contributed by atoms with van der Waals surface area (Å²) in [5.41, 5.74) is 1.39. The zero-order chi connectivity index (χ0) is 21.9. The minimum absolute atomic E-state index is 0.154. The van der Waals surface area contributed by atoms with Crippen molar-refractivity contribution in [2.45, 2.75) is 6.10 Å². The number of rotatable bonds is 6. The van der Waals surface area contributed by atoms with E-state index in [2.05, 4.69) is 0 Å². The molecule has 0 bridgehead atoms. The van der Waals surface area contributed by atoms with Gasteiger partial charge in [0.05, 0.1) is 12.3 Å². The normalized spacial score (nSPS) is 14.7. The third-order valence-corrected chi connectivity index (χ3v) is 5.37. The number of hydrogen-bond acceptors (Lipinski definition) is 4. The van der Waals surface area contributed by atoms with Crippen LogP contribution in [0.15, 0.2) is 97.1 Å². The van der Waals surface area contributed by atoms with Crippen LogP contribution in [0.1, 0.15) is 20.7 Å². The molecular weight excluding hydrogens is 402 g/mol. The van der Waals surface area contributed by atoms with Crippen molar-refractivity contribution < 1.29 is 19.1 Å². The molecule has 0 aromatic heterocycles. The summed E-state index contributed by atoms with van der Waals surface area (Å²) in [5, 5.41) is 1.78. The average molecular weight is 423 g/mol. The highest BCUT2D eigenvalue weighted by Crippen LogP contribution is 2.30. The third-order valence-electron chi connectivity index (χ3n) is 5.37. The summed E-state index contributed by atoms with van der Waals surface area (Å²) in [6.45, 7) is 1.21. The van der Waals surface area contributed by atoms with E-state index in [0.29, 0.717) is 29.2 Å². The maximum absolute atomic E-state index is 13.6. The lowest BCUT2D eigenvalue weighted by molar-refractivity contribution is 0.0898. The minimum atomic E-state index is -0.396. The molecule has 1 aliphatic heterocycles. The van der Waals surface area contributed by atoms with E-state index in [1.807, 2.05) is 42.5 Å². The molecule has 0 N–H and O–H groups in total. The van der Waals surface area contributed by atoms with Gasteiger partial charge >= 0.3 is 0 Å². The molecule has 158 valence electrons. The fourth-order valence-electron chi connectivity index (χ4n) is 3.60. The van der Waals surface area contributed by atoms with Gasteiger partial charge in [-0.2, -0.15) is 0 Å². The van der Waals surface area contributed by atoms with Crippen LogP contribution in [0.4, 0.5) is 5.69 Å². The van der Waals surface area contributed by atoms with E-state index in [4.69, 9.17) is 9.47 Å². The number of epoxide rings is 1. The van der Waals surface area contributed by atoms with Crippen molar-refractivity contribution >= 4 is 28.3 Å². The SMILES string of the molecule is O=C(c1ccccc1)N(C(=O)c1ccc(OCC2CO2)cc1)c1cccc2ccccc12. The maximum atomic E-state index is 13.6. The molecule has 32 heavy (non-hydrogen) atoms. The van der Waals surface area contributed by atoms with Crippen LogP contribution in [-0.4, -0.2) is 31.1 Å². The standard InChI is InChI=1S/C27H21NO4/c29-26(20-8-2-1-3-9-20)28(25-12-6-10-19-7-4-5-11-24(19)25)27(30)21-13-15-22(16-14-21)31-17-23-18-32-23/h1-16,23H,17-18H2. The van der Waals surface area contributed by atoms with Crippen molar-refractivity contribution in [3.8, 4) is 5.75 Å². The molecule has 5 nitrogen and oxygen atoms in total. The highest BCUT2D eigenvalue weighted by Gasteiger charge is 2.27. The minimum Gasteiger partial charge on any atom is -0.491 e. The fourth-order valence-corrected chi connectivity index (χ4v) is 3.60. The quantitative estimate of drug-likeness (QED) is 0.320. The summed E-state index contributed by atoms with van der Waals surface area (Å²) in [6, 6.07) is 29.0. The van der Waals surface area contributed by atoms with Crippen LogP contribution in [0.25, 0.3) is 10.8 Å². The van der Waals surface area contributed by atoms with Gasteiger partial charge in [-0.25, -0.2) is 4.90 Å². The molecule has 1 heterocycles. The first kappa shape index (κ1) is 20.0. The first-order valence-electron chi connectivity index (χ1n) is 10.5. The Kier molecular flexibility index (Phi) is 5.40. The van der Waals surface area contributed by atoms with Crippen molar-refractivity contribution in [2.75, 3.05) is 18.1 Å². The number of benzene rings is 4. The summed E-state index contributed by atoms with van der Waals surface area (Å²) in [7, 11) is 0. The van der Waals surface area contributed by atoms with Crippen molar-refractivity contribution in [1.29, 1.82) is 0 Å². The zero-order valence-corrected chi connectivity index (χ0v) is 17.3. The molecule has 0 radical (unpaired) electrons. The molecule has 5 heteroatoms. The number of carbonyl (C=O) groups is 2. The summed E-state index contributed by atoms with van der Waals surface area (Å²) in [4.78, 5) is 28.4. The predicted octanol–water partition coefficient (Wildman–Crippen LogP) is 5.10. The first-order chi connectivity index (χ1) is 15.7. The predicted molar refractivity (Wildman–Crippen MR) is 123 cm³/mol. The second-order valence-electron chi connectivity index (χ2n) is 7.60. The number of nitrogens with zero attached hydrogens (tertiary/aromatic N) is 1. The van der Waals surface area contributed by atoms with Crippen molar-refractivity contribution in [3.05, 3.63) is 108 Å². The number of hydrogen-bond donors (Lipinski definition) is 0. The Hall–Kier alpha value is -3.96. The van der Waals surface area contributed by atoms with Gasteiger partial charge in [0.15, 0.2) is 0 Å². The number of ether oxygens (including phenoxy) is 2. The Morgan fingerprint density at radius 1 is 0.781 bits per heavy atom. The van der Waals surface area contributed by atoms with Gasteiger partial charge < -0.3 is 9.47 Å². The average Bonchev–Trinajstić information content (AvgIpc) is 3.68. The lowest BCUT2D eigenvalue weighted by Crippen LogP contribution is -2.37.